The highest BCUT2D eigenvalue weighted by Gasteiger charge is 2.28. The van der Waals surface area contributed by atoms with E-state index in [1.54, 1.807) is 17.2 Å². The van der Waals surface area contributed by atoms with Crippen molar-refractivity contribution in [2.75, 3.05) is 59.5 Å². The number of hydrogen-bond acceptors (Lipinski definition) is 7. The van der Waals surface area contributed by atoms with E-state index in [-0.39, 0.29) is 18.4 Å². The number of nitrogens with zero attached hydrogens (tertiary/aromatic N) is 5. The number of hydrogen-bond donors (Lipinski definition) is 1. The second-order valence-electron chi connectivity index (χ2n) is 8.94. The lowest BCUT2D eigenvalue weighted by Crippen LogP contribution is -2.44. The van der Waals surface area contributed by atoms with Crippen LogP contribution in [0.2, 0.25) is 0 Å². The molecule has 2 fully saturated rings. The zero-order chi connectivity index (χ0) is 23.9. The van der Waals surface area contributed by atoms with E-state index in [4.69, 9.17) is 4.74 Å². The molecule has 1 aromatic carbocycles. The number of carbonyl (C=O) groups excluding carboxylic acids is 2. The largest absolute Gasteiger partial charge is 0.494 e. The summed E-state index contributed by atoms with van der Waals surface area (Å²) in [6.45, 7) is 6.42. The van der Waals surface area contributed by atoms with Crippen LogP contribution in [-0.2, 0) is 4.79 Å². The number of likely N-dealkylation sites (N-methyl/N-ethyl adjacent to an activating group) is 1. The highest BCUT2D eigenvalue weighted by atomic mass is 16.5. The molecule has 0 aliphatic carbocycles. The predicted octanol–water partition coefficient (Wildman–Crippen LogP) is 1.50. The second kappa shape index (κ2) is 11.3. The molecule has 1 unspecified atom stereocenters. The van der Waals surface area contributed by atoms with E-state index in [0.717, 1.165) is 45.6 Å². The lowest BCUT2D eigenvalue weighted by molar-refractivity contribution is -0.130. The second-order valence-corrected chi connectivity index (χ2v) is 8.94. The van der Waals surface area contributed by atoms with Crippen molar-refractivity contribution in [1.29, 1.82) is 5.26 Å². The summed E-state index contributed by atoms with van der Waals surface area (Å²) < 4.78 is 5.96. The minimum absolute atomic E-state index is 0.136. The van der Waals surface area contributed by atoms with Crippen LogP contribution in [0.15, 0.2) is 30.5 Å². The number of nitrogens with one attached hydrogen (secondary N) is 1. The molecule has 2 saturated heterocycles. The van der Waals surface area contributed by atoms with E-state index in [2.05, 4.69) is 33.2 Å². The Kier molecular flexibility index (Phi) is 7.93. The Morgan fingerprint density at radius 2 is 2.03 bits per heavy atom. The van der Waals surface area contributed by atoms with Gasteiger partial charge in [-0.1, -0.05) is 0 Å². The van der Waals surface area contributed by atoms with Gasteiger partial charge in [-0.3, -0.25) is 14.6 Å². The van der Waals surface area contributed by atoms with E-state index >= 15 is 0 Å². The Bertz CT molecular complexity index is 1060. The lowest BCUT2D eigenvalue weighted by Gasteiger charge is -2.32. The van der Waals surface area contributed by atoms with Crippen molar-refractivity contribution in [3.05, 3.63) is 36.0 Å². The molecular formula is C25H32N6O3. The number of aromatic nitrogens is 1. The first-order chi connectivity index (χ1) is 16.5. The van der Waals surface area contributed by atoms with E-state index < -0.39 is 6.04 Å². The highest BCUT2D eigenvalue weighted by Crippen LogP contribution is 2.23. The van der Waals surface area contributed by atoms with Crippen LogP contribution in [0.3, 0.4) is 0 Å². The average molecular weight is 465 g/mol. The fourth-order valence-corrected chi connectivity index (χ4v) is 4.51. The molecule has 1 aromatic heterocycles. The number of fused-ring (bicyclic) bond motifs is 1. The fraction of sp³-hybridized carbons (Fsp3) is 0.520. The summed E-state index contributed by atoms with van der Waals surface area (Å²) in [7, 11) is 2.15. The third-order valence-corrected chi connectivity index (χ3v) is 6.56. The van der Waals surface area contributed by atoms with Crippen molar-refractivity contribution in [1.82, 2.24) is 25.0 Å². The maximum absolute atomic E-state index is 12.9. The van der Waals surface area contributed by atoms with Gasteiger partial charge in [0.2, 0.25) is 5.91 Å². The summed E-state index contributed by atoms with van der Waals surface area (Å²) in [5.74, 6) is 0.110. The van der Waals surface area contributed by atoms with E-state index in [9.17, 15) is 14.9 Å². The molecule has 0 saturated carbocycles. The lowest BCUT2D eigenvalue weighted by atomic mass is 10.1. The van der Waals surface area contributed by atoms with Crippen LogP contribution in [0, 0.1) is 11.3 Å². The Balaban J connectivity index is 1.33. The molecule has 1 N–H and O–H groups in total. The van der Waals surface area contributed by atoms with Gasteiger partial charge in [-0.05, 0) is 50.6 Å². The standard InChI is InChI=1S/C25H32N6O3/c1-29-11-13-30(14-12-29)9-3-15-34-20-5-6-23-22(16-20)21(7-8-27-23)25(33)28-18-24(32)31-10-2-4-19(31)17-26/h5-8,16,19H,2-4,9-15,18H2,1H3,(H,28,33). The third kappa shape index (κ3) is 5.82. The van der Waals surface area contributed by atoms with Gasteiger partial charge in [0.15, 0.2) is 0 Å². The normalized spacial score (nSPS) is 19.2. The number of carbonyl (C=O) groups is 2. The number of likely N-dealkylation sites (tertiary alicyclic amines) is 1. The molecule has 2 aromatic rings. The van der Waals surface area contributed by atoms with Gasteiger partial charge < -0.3 is 24.8 Å². The number of nitriles is 1. The molecule has 1 atom stereocenters. The van der Waals surface area contributed by atoms with Gasteiger partial charge in [0.05, 0.1) is 30.3 Å². The van der Waals surface area contributed by atoms with E-state index in [0.29, 0.717) is 41.8 Å². The zero-order valence-electron chi connectivity index (χ0n) is 19.7. The number of pyridine rings is 1. The van der Waals surface area contributed by atoms with Crippen LogP contribution >= 0.6 is 0 Å². The van der Waals surface area contributed by atoms with Crippen LogP contribution in [0.25, 0.3) is 10.9 Å². The maximum Gasteiger partial charge on any atom is 0.252 e. The van der Waals surface area contributed by atoms with Gasteiger partial charge in [-0.2, -0.15) is 5.26 Å². The van der Waals surface area contributed by atoms with Crippen LogP contribution in [0.5, 0.6) is 5.75 Å². The molecule has 2 aliphatic rings. The number of amides is 2. The van der Waals surface area contributed by atoms with Crippen molar-refractivity contribution >= 4 is 22.7 Å². The minimum atomic E-state index is -0.401. The number of benzene rings is 1. The van der Waals surface area contributed by atoms with Gasteiger partial charge in [-0.25, -0.2) is 0 Å². The summed E-state index contributed by atoms with van der Waals surface area (Å²) in [6.07, 6.45) is 4.01. The van der Waals surface area contributed by atoms with Crippen molar-refractivity contribution in [2.45, 2.75) is 25.3 Å². The molecule has 0 bridgehead atoms. The van der Waals surface area contributed by atoms with Crippen LogP contribution in [-0.4, -0.2) is 97.0 Å². The first kappa shape index (κ1) is 23.9. The van der Waals surface area contributed by atoms with Crippen LogP contribution < -0.4 is 10.1 Å². The topological polar surface area (TPSA) is 102 Å². The van der Waals surface area contributed by atoms with Crippen LogP contribution in [0.1, 0.15) is 29.6 Å². The zero-order valence-corrected chi connectivity index (χ0v) is 19.7. The third-order valence-electron chi connectivity index (χ3n) is 6.56. The number of ether oxygens (including phenoxy) is 1. The van der Waals surface area contributed by atoms with E-state index in [1.165, 1.54) is 0 Å². The first-order valence-electron chi connectivity index (χ1n) is 11.9. The molecule has 9 nitrogen and oxygen atoms in total. The highest BCUT2D eigenvalue weighted by molar-refractivity contribution is 6.07. The maximum atomic E-state index is 12.9. The summed E-state index contributed by atoms with van der Waals surface area (Å²) in [6, 6.07) is 8.94. The monoisotopic (exact) mass is 464 g/mol. The smallest absolute Gasteiger partial charge is 0.252 e. The van der Waals surface area contributed by atoms with Gasteiger partial charge in [0, 0.05) is 50.9 Å². The summed E-state index contributed by atoms with van der Waals surface area (Å²) in [5.41, 5.74) is 1.13. The van der Waals surface area contributed by atoms with Gasteiger partial charge in [0.25, 0.3) is 5.91 Å². The van der Waals surface area contributed by atoms with Crippen molar-refractivity contribution in [3.63, 3.8) is 0 Å². The first-order valence-corrected chi connectivity index (χ1v) is 11.9. The van der Waals surface area contributed by atoms with Gasteiger partial charge in [0.1, 0.15) is 11.8 Å². The molecule has 2 amide bonds. The SMILES string of the molecule is CN1CCN(CCCOc2ccc3nccc(C(=O)NCC(=O)N4CCCC4C#N)c3c2)CC1. The molecule has 0 radical (unpaired) electrons. The average Bonchev–Trinajstić information content (AvgIpc) is 3.35. The molecule has 9 heteroatoms. The molecule has 4 rings (SSSR count). The fourth-order valence-electron chi connectivity index (χ4n) is 4.51. The minimum Gasteiger partial charge on any atom is -0.494 e. The molecule has 0 spiro atoms. The van der Waals surface area contributed by atoms with Gasteiger partial charge >= 0.3 is 0 Å². The summed E-state index contributed by atoms with van der Waals surface area (Å²) >= 11 is 0. The van der Waals surface area contributed by atoms with Gasteiger partial charge in [-0.15, -0.1) is 0 Å². The summed E-state index contributed by atoms with van der Waals surface area (Å²) in [5, 5.41) is 12.6. The molecule has 3 heterocycles. The predicted molar refractivity (Wildman–Crippen MR) is 128 cm³/mol. The summed E-state index contributed by atoms with van der Waals surface area (Å²) in [4.78, 5) is 36.0. The number of rotatable bonds is 8. The van der Waals surface area contributed by atoms with Crippen molar-refractivity contribution in [2.24, 2.45) is 0 Å². The molecule has 34 heavy (non-hydrogen) atoms. The quantitative estimate of drug-likeness (QED) is 0.591. The van der Waals surface area contributed by atoms with Crippen molar-refractivity contribution < 1.29 is 14.3 Å². The Labute approximate surface area is 200 Å². The molecular weight excluding hydrogens is 432 g/mol. The molecule has 180 valence electrons. The molecule has 2 aliphatic heterocycles. The Morgan fingerprint density at radius 1 is 1.21 bits per heavy atom. The van der Waals surface area contributed by atoms with Crippen molar-refractivity contribution in [3.8, 4) is 11.8 Å². The number of piperazine rings is 1. The Morgan fingerprint density at radius 3 is 2.82 bits per heavy atom. The Hall–Kier alpha value is -3.22. The van der Waals surface area contributed by atoms with E-state index in [1.807, 2.05) is 18.2 Å². The van der Waals surface area contributed by atoms with Crippen LogP contribution in [0.4, 0.5) is 0 Å².